The molecule has 0 aliphatic carbocycles. The molecule has 0 aromatic heterocycles. The van der Waals surface area contributed by atoms with E-state index in [1.54, 1.807) is 0 Å². The van der Waals surface area contributed by atoms with E-state index < -0.39 is 7.82 Å². The lowest BCUT2D eigenvalue weighted by atomic mass is 10.0. The molecule has 0 aliphatic heterocycles. The predicted molar refractivity (Wildman–Crippen MR) is 302 cm³/mol. The molecule has 0 radical (unpaired) electrons. The highest BCUT2D eigenvalue weighted by molar-refractivity contribution is 7.48. The van der Waals surface area contributed by atoms with Gasteiger partial charge >= 0.3 is 7.82 Å². The van der Waals surface area contributed by atoms with Crippen LogP contribution in [0.1, 0.15) is 290 Å². The molecule has 0 amide bonds. The van der Waals surface area contributed by atoms with Gasteiger partial charge in [-0.05, 0) is 38.5 Å². The summed E-state index contributed by atoms with van der Waals surface area (Å²) in [6.45, 7) is 13.8. The Morgan fingerprint density at radius 2 is 0.382 bits per heavy atom. The Labute approximate surface area is 429 Å². The van der Waals surface area contributed by atoms with Crippen molar-refractivity contribution < 1.29 is 31.6 Å². The minimum Gasteiger partial charge on any atom is -0.327 e. The lowest BCUT2D eigenvalue weighted by Crippen LogP contribution is -2.44. The van der Waals surface area contributed by atoms with E-state index in [1.807, 2.05) is 0 Å². The van der Waals surface area contributed by atoms with Crippen LogP contribution in [0.5, 0.6) is 0 Å². The molecule has 0 aliphatic rings. The van der Waals surface area contributed by atoms with E-state index in [4.69, 9.17) is 13.6 Å². The maximum absolute atomic E-state index is 14.3. The van der Waals surface area contributed by atoms with E-state index >= 15 is 0 Å². The standard InChI is InChI=1S/C60H129N3O4P/c1-10-13-16-19-22-25-28-31-34-37-40-43-46-49-52-61(4,5)55-58-65-68(64,66-59-56-62(6,7)53-50-47-44-41-38-35-32-29-26-23-20-17-14-11-2)67-60-57-63(8,9)54-51-48-45-42-39-36-33-30-27-24-21-18-15-12-3/h10-60H2,1-9H3/q+3. The van der Waals surface area contributed by atoms with Crippen LogP contribution < -0.4 is 0 Å². The molecule has 0 bridgehead atoms. The van der Waals surface area contributed by atoms with Crippen molar-refractivity contribution in [2.45, 2.75) is 290 Å². The van der Waals surface area contributed by atoms with E-state index in [1.165, 1.54) is 270 Å². The molecule has 410 valence electrons. The van der Waals surface area contributed by atoms with Gasteiger partial charge in [0, 0.05) is 0 Å². The molecular formula is C60H129N3O4P+3. The van der Waals surface area contributed by atoms with E-state index in [2.05, 4.69) is 63.1 Å². The largest absolute Gasteiger partial charge is 0.475 e. The summed E-state index contributed by atoms with van der Waals surface area (Å²) in [5, 5.41) is 0. The number of phosphoric acid groups is 1. The molecule has 0 fully saturated rings. The van der Waals surface area contributed by atoms with Crippen molar-refractivity contribution in [2.24, 2.45) is 0 Å². The molecule has 7 nitrogen and oxygen atoms in total. The van der Waals surface area contributed by atoms with Gasteiger partial charge in [0.15, 0.2) is 0 Å². The molecule has 0 rings (SSSR count). The highest BCUT2D eigenvalue weighted by Crippen LogP contribution is 2.49. The Morgan fingerprint density at radius 3 is 0.544 bits per heavy atom. The predicted octanol–water partition coefficient (Wildman–Crippen LogP) is 18.8. The topological polar surface area (TPSA) is 44.8 Å². The second kappa shape index (κ2) is 48.0. The molecule has 0 N–H and O–H groups in total. The van der Waals surface area contributed by atoms with Gasteiger partial charge in [0.25, 0.3) is 0 Å². The van der Waals surface area contributed by atoms with Gasteiger partial charge in [0.1, 0.15) is 39.5 Å². The van der Waals surface area contributed by atoms with E-state index in [-0.39, 0.29) is 0 Å². The summed E-state index contributed by atoms with van der Waals surface area (Å²) in [6.07, 6.45) is 58.1. The molecule has 0 heterocycles. The van der Waals surface area contributed by atoms with Crippen LogP contribution in [0.2, 0.25) is 0 Å². The second-order valence-corrected chi connectivity index (χ2v) is 25.6. The number of unbranched alkanes of at least 4 members (excludes halogenated alkanes) is 39. The van der Waals surface area contributed by atoms with E-state index in [0.29, 0.717) is 19.8 Å². The van der Waals surface area contributed by atoms with Crippen molar-refractivity contribution >= 4 is 7.82 Å². The first-order chi connectivity index (χ1) is 32.8. The second-order valence-electron chi connectivity index (χ2n) is 23.9. The molecule has 0 saturated carbocycles. The Hall–Kier alpha value is -0.0100. The average molecular weight is 988 g/mol. The number of likely N-dealkylation sites (N-methyl/N-ethyl adjacent to an activating group) is 3. The Morgan fingerprint density at radius 1 is 0.235 bits per heavy atom. The number of phosphoric ester groups is 1. The zero-order valence-electron chi connectivity index (χ0n) is 48.5. The first-order valence-corrected chi connectivity index (χ1v) is 32.3. The Kier molecular flexibility index (Phi) is 48.0. The molecular weight excluding hydrogens is 858 g/mol. The van der Waals surface area contributed by atoms with Gasteiger partial charge < -0.3 is 13.4 Å². The van der Waals surface area contributed by atoms with Crippen molar-refractivity contribution in [3.63, 3.8) is 0 Å². The normalized spacial score (nSPS) is 12.8. The summed E-state index contributed by atoms with van der Waals surface area (Å²) < 4.78 is 35.4. The maximum atomic E-state index is 14.3. The smallest absolute Gasteiger partial charge is 0.327 e. The van der Waals surface area contributed by atoms with Gasteiger partial charge in [-0.15, -0.1) is 0 Å². The average Bonchev–Trinajstić information content (AvgIpc) is 3.29. The minimum atomic E-state index is -3.69. The van der Waals surface area contributed by atoms with Crippen LogP contribution >= 0.6 is 7.82 Å². The van der Waals surface area contributed by atoms with Crippen molar-refractivity contribution in [1.82, 2.24) is 0 Å². The molecule has 0 spiro atoms. The van der Waals surface area contributed by atoms with Gasteiger partial charge in [-0.25, -0.2) is 4.57 Å². The van der Waals surface area contributed by atoms with Crippen molar-refractivity contribution in [3.05, 3.63) is 0 Å². The molecule has 8 heteroatoms. The Balaban J connectivity index is 4.70. The fourth-order valence-corrected chi connectivity index (χ4v) is 11.0. The monoisotopic (exact) mass is 987 g/mol. The zero-order valence-corrected chi connectivity index (χ0v) is 49.4. The van der Waals surface area contributed by atoms with Gasteiger partial charge in [0.05, 0.1) is 61.9 Å². The van der Waals surface area contributed by atoms with Crippen LogP contribution in [-0.2, 0) is 18.1 Å². The van der Waals surface area contributed by atoms with Crippen LogP contribution in [0.3, 0.4) is 0 Å². The van der Waals surface area contributed by atoms with Gasteiger partial charge in [0.2, 0.25) is 0 Å². The van der Waals surface area contributed by atoms with Crippen LogP contribution in [0, 0.1) is 0 Å². The first-order valence-electron chi connectivity index (χ1n) is 30.8. The number of rotatable bonds is 57. The third-order valence-corrected chi connectivity index (χ3v) is 16.7. The molecule has 0 aromatic rings. The fourth-order valence-electron chi connectivity index (χ4n) is 9.85. The molecule has 0 aromatic carbocycles. The van der Waals surface area contributed by atoms with Gasteiger partial charge in [-0.3, -0.25) is 13.6 Å². The summed E-state index contributed by atoms with van der Waals surface area (Å²) in [5.41, 5.74) is 0. The van der Waals surface area contributed by atoms with Crippen LogP contribution in [0.4, 0.5) is 0 Å². The van der Waals surface area contributed by atoms with Crippen LogP contribution in [0.25, 0.3) is 0 Å². The van der Waals surface area contributed by atoms with Gasteiger partial charge in [-0.1, -0.05) is 252 Å². The third kappa shape index (κ3) is 49.6. The summed E-state index contributed by atoms with van der Waals surface area (Å²) in [6, 6.07) is 0. The zero-order chi connectivity index (χ0) is 50.2. The molecule has 0 unspecified atom stereocenters. The molecule has 0 atom stereocenters. The van der Waals surface area contributed by atoms with Crippen molar-refractivity contribution in [2.75, 3.05) is 101 Å². The Bertz CT molecular complexity index is 943. The van der Waals surface area contributed by atoms with E-state index in [9.17, 15) is 4.57 Å². The van der Waals surface area contributed by atoms with Crippen molar-refractivity contribution in [1.29, 1.82) is 0 Å². The summed E-state index contributed by atoms with van der Waals surface area (Å²) in [5.74, 6) is 0. The third-order valence-electron chi connectivity index (χ3n) is 15.2. The highest BCUT2D eigenvalue weighted by atomic mass is 31.2. The number of quaternary nitrogens is 3. The van der Waals surface area contributed by atoms with Crippen LogP contribution in [-0.4, -0.2) is 115 Å². The number of hydrogen-bond donors (Lipinski definition) is 0. The SMILES string of the molecule is CCCCCCCCCCCCCCCC[N+](C)(C)CCOP(=O)(OCC[N+](C)(C)CCCCCCCCCCCCCCCC)OCC[N+](C)(C)CCCCCCCCCCCCCCCC. The summed E-state index contributed by atoms with van der Waals surface area (Å²) in [4.78, 5) is 0. The fraction of sp³-hybridized carbons (Fsp3) is 1.00. The van der Waals surface area contributed by atoms with Gasteiger partial charge in [-0.2, -0.15) is 0 Å². The lowest BCUT2D eigenvalue weighted by Gasteiger charge is -2.32. The highest BCUT2D eigenvalue weighted by Gasteiger charge is 2.31. The first kappa shape index (κ1) is 68.0. The number of nitrogens with zero attached hydrogens (tertiary/aromatic N) is 3. The molecule has 0 saturated heterocycles. The van der Waals surface area contributed by atoms with Crippen molar-refractivity contribution in [3.8, 4) is 0 Å². The van der Waals surface area contributed by atoms with Crippen LogP contribution in [0.15, 0.2) is 0 Å². The maximum Gasteiger partial charge on any atom is 0.475 e. The quantitative estimate of drug-likeness (QED) is 0.0346. The summed E-state index contributed by atoms with van der Waals surface area (Å²) in [7, 11) is 10.0. The lowest BCUT2D eigenvalue weighted by molar-refractivity contribution is -0.891. The van der Waals surface area contributed by atoms with E-state index in [0.717, 1.165) is 52.7 Å². The minimum absolute atomic E-state index is 0.386. The summed E-state index contributed by atoms with van der Waals surface area (Å²) >= 11 is 0. The molecule has 68 heavy (non-hydrogen) atoms. The number of hydrogen-bond acceptors (Lipinski definition) is 4.